The molecule has 0 atom stereocenters. The standard InChI is InChI=1S/C11H21N5S/c12-14-13-3-6-15-4-1-11(2-5-15)16-7-9-17-10-8-16/h11H,1-10H2. The van der Waals surface area contributed by atoms with Gasteiger partial charge in [0.15, 0.2) is 0 Å². The molecule has 2 aliphatic heterocycles. The average Bonchev–Trinajstić information content (AvgIpc) is 2.41. The van der Waals surface area contributed by atoms with Crippen molar-refractivity contribution in [3.05, 3.63) is 10.4 Å². The van der Waals surface area contributed by atoms with E-state index in [1.54, 1.807) is 0 Å². The average molecular weight is 255 g/mol. The second-order valence-electron chi connectivity index (χ2n) is 4.68. The third kappa shape index (κ3) is 4.07. The zero-order chi connectivity index (χ0) is 11.9. The second kappa shape index (κ2) is 7.11. The number of hydrogen-bond donors (Lipinski definition) is 0. The molecule has 0 radical (unpaired) electrons. The van der Waals surface area contributed by atoms with Crippen LogP contribution in [0, 0.1) is 0 Å². The van der Waals surface area contributed by atoms with Gasteiger partial charge in [0.05, 0.1) is 0 Å². The van der Waals surface area contributed by atoms with E-state index in [4.69, 9.17) is 5.53 Å². The molecule has 6 heteroatoms. The van der Waals surface area contributed by atoms with E-state index in [-0.39, 0.29) is 0 Å². The Kier molecular flexibility index (Phi) is 5.45. The van der Waals surface area contributed by atoms with E-state index in [0.29, 0.717) is 6.54 Å². The molecule has 0 aromatic rings. The minimum absolute atomic E-state index is 0.613. The van der Waals surface area contributed by atoms with Crippen molar-refractivity contribution in [3.63, 3.8) is 0 Å². The Balaban J connectivity index is 1.68. The van der Waals surface area contributed by atoms with Gasteiger partial charge >= 0.3 is 0 Å². The lowest BCUT2D eigenvalue weighted by molar-refractivity contribution is 0.118. The molecule has 0 spiro atoms. The van der Waals surface area contributed by atoms with Crippen LogP contribution in [0.4, 0.5) is 0 Å². The van der Waals surface area contributed by atoms with Crippen molar-refractivity contribution in [2.24, 2.45) is 5.11 Å². The molecule has 0 aromatic heterocycles. The molecule has 17 heavy (non-hydrogen) atoms. The van der Waals surface area contributed by atoms with Crippen molar-refractivity contribution in [1.82, 2.24) is 9.80 Å². The van der Waals surface area contributed by atoms with Gasteiger partial charge < -0.3 is 4.90 Å². The first-order valence-corrected chi connectivity index (χ1v) is 7.60. The van der Waals surface area contributed by atoms with E-state index in [1.165, 1.54) is 37.4 Å². The molecule has 2 rings (SSSR count). The lowest BCUT2D eigenvalue weighted by Gasteiger charge is -2.40. The Morgan fingerprint density at radius 3 is 2.53 bits per heavy atom. The van der Waals surface area contributed by atoms with Crippen molar-refractivity contribution in [2.75, 3.05) is 50.8 Å². The third-order valence-corrected chi connectivity index (χ3v) is 4.64. The van der Waals surface area contributed by atoms with Gasteiger partial charge in [-0.2, -0.15) is 11.8 Å². The Labute approximate surface area is 107 Å². The van der Waals surface area contributed by atoms with Crippen LogP contribution >= 0.6 is 11.8 Å². The Morgan fingerprint density at radius 2 is 1.88 bits per heavy atom. The van der Waals surface area contributed by atoms with Gasteiger partial charge in [-0.25, -0.2) is 0 Å². The van der Waals surface area contributed by atoms with Gasteiger partial charge in [0.2, 0.25) is 0 Å². The van der Waals surface area contributed by atoms with Crippen LogP contribution in [0.3, 0.4) is 0 Å². The minimum Gasteiger partial charge on any atom is -0.303 e. The van der Waals surface area contributed by atoms with Crippen molar-refractivity contribution in [2.45, 2.75) is 18.9 Å². The maximum absolute atomic E-state index is 8.24. The normalized spacial score (nSPS) is 24.5. The topological polar surface area (TPSA) is 55.2 Å². The van der Waals surface area contributed by atoms with Crippen LogP contribution in [0.5, 0.6) is 0 Å². The van der Waals surface area contributed by atoms with Crippen LogP contribution in [-0.4, -0.2) is 66.6 Å². The van der Waals surface area contributed by atoms with Gasteiger partial charge in [0.1, 0.15) is 0 Å². The number of likely N-dealkylation sites (tertiary alicyclic amines) is 1. The Hall–Kier alpha value is -0.420. The number of rotatable bonds is 4. The summed E-state index contributed by atoms with van der Waals surface area (Å²) >= 11 is 2.08. The highest BCUT2D eigenvalue weighted by atomic mass is 32.2. The molecule has 0 N–H and O–H groups in total. The predicted molar refractivity (Wildman–Crippen MR) is 72.4 cm³/mol. The SMILES string of the molecule is [N-]=[N+]=NCCN1CCC(N2CCSCC2)CC1. The molecule has 96 valence electrons. The molecular weight excluding hydrogens is 234 g/mol. The molecule has 5 nitrogen and oxygen atoms in total. The molecular formula is C11H21N5S. The van der Waals surface area contributed by atoms with E-state index in [2.05, 4.69) is 31.6 Å². The van der Waals surface area contributed by atoms with Crippen LogP contribution in [0.15, 0.2) is 5.11 Å². The van der Waals surface area contributed by atoms with Crippen molar-refractivity contribution >= 4 is 11.8 Å². The smallest absolute Gasteiger partial charge is 0.0385 e. The van der Waals surface area contributed by atoms with Gasteiger partial charge in [-0.1, -0.05) is 5.11 Å². The van der Waals surface area contributed by atoms with E-state index in [0.717, 1.165) is 25.7 Å². The van der Waals surface area contributed by atoms with E-state index < -0.39 is 0 Å². The highest BCUT2D eigenvalue weighted by molar-refractivity contribution is 7.99. The lowest BCUT2D eigenvalue weighted by Crippen LogP contribution is -2.48. The summed E-state index contributed by atoms with van der Waals surface area (Å²) in [5.41, 5.74) is 8.24. The van der Waals surface area contributed by atoms with Gasteiger partial charge in [-0.15, -0.1) is 0 Å². The molecule has 0 amide bonds. The first-order chi connectivity index (χ1) is 8.40. The summed E-state index contributed by atoms with van der Waals surface area (Å²) in [6, 6.07) is 0.798. The summed E-state index contributed by atoms with van der Waals surface area (Å²) in [4.78, 5) is 7.88. The number of nitrogens with zero attached hydrogens (tertiary/aromatic N) is 5. The summed E-state index contributed by atoms with van der Waals surface area (Å²) in [6.07, 6.45) is 2.56. The summed E-state index contributed by atoms with van der Waals surface area (Å²) in [5.74, 6) is 2.61. The van der Waals surface area contributed by atoms with E-state index in [1.807, 2.05) is 0 Å². The zero-order valence-electron chi connectivity index (χ0n) is 10.3. The van der Waals surface area contributed by atoms with E-state index in [9.17, 15) is 0 Å². The fourth-order valence-electron chi connectivity index (χ4n) is 2.68. The summed E-state index contributed by atoms with van der Waals surface area (Å²) in [5, 5.41) is 3.60. The molecule has 0 saturated carbocycles. The molecule has 0 unspecified atom stereocenters. The third-order valence-electron chi connectivity index (χ3n) is 3.70. The predicted octanol–water partition coefficient (Wildman–Crippen LogP) is 1.81. The first kappa shape index (κ1) is 13.0. The second-order valence-corrected chi connectivity index (χ2v) is 5.90. The largest absolute Gasteiger partial charge is 0.303 e. The van der Waals surface area contributed by atoms with Crippen LogP contribution in [0.25, 0.3) is 10.4 Å². The Morgan fingerprint density at radius 1 is 1.18 bits per heavy atom. The summed E-state index contributed by atoms with van der Waals surface area (Å²) in [7, 11) is 0. The van der Waals surface area contributed by atoms with Crippen LogP contribution in [-0.2, 0) is 0 Å². The monoisotopic (exact) mass is 255 g/mol. The first-order valence-electron chi connectivity index (χ1n) is 6.45. The van der Waals surface area contributed by atoms with Crippen molar-refractivity contribution in [1.29, 1.82) is 0 Å². The molecule has 2 saturated heterocycles. The quantitative estimate of drug-likeness (QED) is 0.437. The maximum Gasteiger partial charge on any atom is 0.0385 e. The van der Waals surface area contributed by atoms with Gasteiger partial charge in [-0.3, -0.25) is 4.90 Å². The maximum atomic E-state index is 8.24. The number of azide groups is 1. The molecule has 0 bridgehead atoms. The highest BCUT2D eigenvalue weighted by Crippen LogP contribution is 2.20. The molecule has 0 aliphatic carbocycles. The van der Waals surface area contributed by atoms with Crippen molar-refractivity contribution < 1.29 is 0 Å². The lowest BCUT2D eigenvalue weighted by atomic mass is 10.0. The molecule has 0 aromatic carbocycles. The fourth-order valence-corrected chi connectivity index (χ4v) is 3.61. The Bertz CT molecular complexity index is 265. The van der Waals surface area contributed by atoms with Crippen molar-refractivity contribution in [3.8, 4) is 0 Å². The summed E-state index contributed by atoms with van der Waals surface area (Å²) in [6.45, 7) is 6.40. The number of thioether (sulfide) groups is 1. The number of hydrogen-bond acceptors (Lipinski definition) is 4. The van der Waals surface area contributed by atoms with Gasteiger partial charge in [0.25, 0.3) is 0 Å². The summed E-state index contributed by atoms with van der Waals surface area (Å²) < 4.78 is 0. The molecule has 2 aliphatic rings. The molecule has 2 fully saturated rings. The van der Waals surface area contributed by atoms with Gasteiger partial charge in [0, 0.05) is 48.6 Å². The van der Waals surface area contributed by atoms with Gasteiger partial charge in [-0.05, 0) is 31.5 Å². The highest BCUT2D eigenvalue weighted by Gasteiger charge is 2.25. The minimum atomic E-state index is 0.613. The van der Waals surface area contributed by atoms with E-state index >= 15 is 0 Å². The number of piperidine rings is 1. The van der Waals surface area contributed by atoms with Crippen LogP contribution < -0.4 is 0 Å². The van der Waals surface area contributed by atoms with Crippen LogP contribution in [0.2, 0.25) is 0 Å². The van der Waals surface area contributed by atoms with Crippen LogP contribution in [0.1, 0.15) is 12.8 Å². The fraction of sp³-hybridized carbons (Fsp3) is 1.00. The zero-order valence-corrected chi connectivity index (χ0v) is 11.1. The molecule has 2 heterocycles.